The van der Waals surface area contributed by atoms with Crippen molar-refractivity contribution in [3.8, 4) is 0 Å². The van der Waals surface area contributed by atoms with Crippen molar-refractivity contribution in [1.29, 1.82) is 0 Å². The Kier molecular flexibility index (Phi) is 3.50. The molecular formula is C15H17Cl. The molecule has 0 N–H and O–H groups in total. The van der Waals surface area contributed by atoms with Crippen molar-refractivity contribution in [3.05, 3.63) is 48.0 Å². The van der Waals surface area contributed by atoms with Crippen molar-refractivity contribution >= 4 is 22.4 Å². The summed E-state index contributed by atoms with van der Waals surface area (Å²) in [4.78, 5) is 0. The van der Waals surface area contributed by atoms with Gasteiger partial charge in [-0.25, -0.2) is 0 Å². The second kappa shape index (κ2) is 4.88. The SMILES string of the molecule is CCC(C)C(Cl)c1cccc2ccccc12. The highest BCUT2D eigenvalue weighted by Gasteiger charge is 2.16. The average molecular weight is 233 g/mol. The van der Waals surface area contributed by atoms with E-state index in [2.05, 4.69) is 56.3 Å². The number of halogens is 1. The molecule has 84 valence electrons. The van der Waals surface area contributed by atoms with E-state index < -0.39 is 0 Å². The fraction of sp³-hybridized carbons (Fsp3) is 0.333. The largest absolute Gasteiger partial charge is 0.118 e. The molecule has 0 saturated carbocycles. The van der Waals surface area contributed by atoms with Gasteiger partial charge in [0.1, 0.15) is 0 Å². The zero-order chi connectivity index (χ0) is 11.5. The van der Waals surface area contributed by atoms with Gasteiger partial charge in [-0.1, -0.05) is 62.7 Å². The van der Waals surface area contributed by atoms with Crippen molar-refractivity contribution in [2.75, 3.05) is 0 Å². The number of alkyl halides is 1. The van der Waals surface area contributed by atoms with Crippen LogP contribution < -0.4 is 0 Å². The van der Waals surface area contributed by atoms with E-state index in [1.165, 1.54) is 16.3 Å². The van der Waals surface area contributed by atoms with E-state index in [0.29, 0.717) is 5.92 Å². The van der Waals surface area contributed by atoms with Crippen LogP contribution in [-0.4, -0.2) is 0 Å². The zero-order valence-corrected chi connectivity index (χ0v) is 10.5. The molecule has 2 atom stereocenters. The minimum Gasteiger partial charge on any atom is -0.118 e. The molecule has 0 saturated heterocycles. The van der Waals surface area contributed by atoms with Crippen LogP contribution in [0.3, 0.4) is 0 Å². The summed E-state index contributed by atoms with van der Waals surface area (Å²) in [6.45, 7) is 4.39. The molecule has 0 amide bonds. The lowest BCUT2D eigenvalue weighted by molar-refractivity contribution is 0.544. The van der Waals surface area contributed by atoms with Gasteiger partial charge >= 0.3 is 0 Å². The summed E-state index contributed by atoms with van der Waals surface area (Å²) in [5, 5.41) is 2.66. The molecular weight excluding hydrogens is 216 g/mol. The topological polar surface area (TPSA) is 0 Å². The van der Waals surface area contributed by atoms with Gasteiger partial charge < -0.3 is 0 Å². The maximum Gasteiger partial charge on any atom is 0.0616 e. The minimum absolute atomic E-state index is 0.107. The first-order chi connectivity index (χ1) is 7.74. The first-order valence-electron chi connectivity index (χ1n) is 5.85. The second-order valence-corrected chi connectivity index (χ2v) is 4.83. The van der Waals surface area contributed by atoms with Crippen molar-refractivity contribution in [2.24, 2.45) is 5.92 Å². The molecule has 2 aromatic rings. The molecule has 0 bridgehead atoms. The molecule has 0 heterocycles. The number of fused-ring (bicyclic) bond motifs is 1. The smallest absolute Gasteiger partial charge is 0.0616 e. The molecule has 0 fully saturated rings. The van der Waals surface area contributed by atoms with Crippen LogP contribution in [0.1, 0.15) is 31.2 Å². The molecule has 0 radical (unpaired) electrons. The summed E-state index contributed by atoms with van der Waals surface area (Å²) in [6.07, 6.45) is 1.11. The molecule has 2 rings (SSSR count). The van der Waals surface area contributed by atoms with Crippen molar-refractivity contribution in [1.82, 2.24) is 0 Å². The lowest BCUT2D eigenvalue weighted by Gasteiger charge is -2.18. The molecule has 0 aliphatic heterocycles. The van der Waals surface area contributed by atoms with Crippen LogP contribution in [0.5, 0.6) is 0 Å². The Labute approximate surface area is 102 Å². The van der Waals surface area contributed by atoms with Crippen LogP contribution >= 0.6 is 11.6 Å². The average Bonchev–Trinajstić information content (AvgIpc) is 2.36. The van der Waals surface area contributed by atoms with Gasteiger partial charge in [-0.3, -0.25) is 0 Å². The Hall–Kier alpha value is -1.01. The van der Waals surface area contributed by atoms with Crippen LogP contribution in [0.2, 0.25) is 0 Å². The number of rotatable bonds is 3. The Morgan fingerprint density at radius 3 is 2.50 bits per heavy atom. The molecule has 2 aromatic carbocycles. The summed E-state index contributed by atoms with van der Waals surface area (Å²) in [5.41, 5.74) is 1.26. The van der Waals surface area contributed by atoms with Gasteiger partial charge in [0.15, 0.2) is 0 Å². The number of benzene rings is 2. The van der Waals surface area contributed by atoms with E-state index in [4.69, 9.17) is 11.6 Å². The highest BCUT2D eigenvalue weighted by molar-refractivity contribution is 6.22. The van der Waals surface area contributed by atoms with E-state index in [0.717, 1.165) is 6.42 Å². The monoisotopic (exact) mass is 232 g/mol. The van der Waals surface area contributed by atoms with Crippen molar-refractivity contribution in [3.63, 3.8) is 0 Å². The molecule has 0 spiro atoms. The van der Waals surface area contributed by atoms with Gasteiger partial charge in [0.25, 0.3) is 0 Å². The maximum atomic E-state index is 6.54. The van der Waals surface area contributed by atoms with Crippen LogP contribution in [0, 0.1) is 5.92 Å². The zero-order valence-electron chi connectivity index (χ0n) is 9.78. The van der Waals surface area contributed by atoms with Gasteiger partial charge in [-0.2, -0.15) is 0 Å². The Bertz CT molecular complexity index is 470. The van der Waals surface area contributed by atoms with Crippen LogP contribution in [0.15, 0.2) is 42.5 Å². The fourth-order valence-electron chi connectivity index (χ4n) is 2.00. The normalized spacial score (nSPS) is 14.9. The van der Waals surface area contributed by atoms with Gasteiger partial charge in [-0.05, 0) is 22.3 Å². The predicted molar refractivity (Wildman–Crippen MR) is 72.0 cm³/mol. The molecule has 0 nitrogen and oxygen atoms in total. The van der Waals surface area contributed by atoms with E-state index in [1.54, 1.807) is 0 Å². The fourth-order valence-corrected chi connectivity index (χ4v) is 2.37. The highest BCUT2D eigenvalue weighted by Crippen LogP contribution is 2.35. The van der Waals surface area contributed by atoms with Gasteiger partial charge in [0.2, 0.25) is 0 Å². The Morgan fingerprint density at radius 1 is 1.06 bits per heavy atom. The van der Waals surface area contributed by atoms with E-state index in [9.17, 15) is 0 Å². The second-order valence-electron chi connectivity index (χ2n) is 4.36. The van der Waals surface area contributed by atoms with Crippen molar-refractivity contribution < 1.29 is 0 Å². The summed E-state index contributed by atoms with van der Waals surface area (Å²) in [6, 6.07) is 14.8. The molecule has 0 aromatic heterocycles. The van der Waals surface area contributed by atoms with Gasteiger partial charge in [-0.15, -0.1) is 11.6 Å². The maximum absolute atomic E-state index is 6.54. The Morgan fingerprint density at radius 2 is 1.75 bits per heavy atom. The minimum atomic E-state index is 0.107. The highest BCUT2D eigenvalue weighted by atomic mass is 35.5. The standard InChI is InChI=1S/C15H17Cl/c1-3-11(2)15(16)14-10-6-8-12-7-4-5-9-13(12)14/h4-11,15H,3H2,1-2H3. The number of hydrogen-bond donors (Lipinski definition) is 0. The first-order valence-corrected chi connectivity index (χ1v) is 6.29. The summed E-state index contributed by atoms with van der Waals surface area (Å²) in [5.74, 6) is 0.507. The van der Waals surface area contributed by atoms with Crippen LogP contribution in [-0.2, 0) is 0 Å². The molecule has 16 heavy (non-hydrogen) atoms. The quantitative estimate of drug-likeness (QED) is 0.641. The molecule has 0 aliphatic carbocycles. The Balaban J connectivity index is 2.52. The van der Waals surface area contributed by atoms with E-state index in [-0.39, 0.29) is 5.38 Å². The predicted octanol–water partition coefficient (Wildman–Crippen LogP) is 5.17. The van der Waals surface area contributed by atoms with Gasteiger partial charge in [0.05, 0.1) is 5.38 Å². The summed E-state index contributed by atoms with van der Waals surface area (Å²) < 4.78 is 0. The van der Waals surface area contributed by atoms with Gasteiger partial charge in [0, 0.05) is 0 Å². The first kappa shape index (κ1) is 11.5. The van der Waals surface area contributed by atoms with Crippen molar-refractivity contribution in [2.45, 2.75) is 25.6 Å². The summed E-state index contributed by atoms with van der Waals surface area (Å²) >= 11 is 6.54. The molecule has 2 unspecified atom stereocenters. The lowest BCUT2D eigenvalue weighted by atomic mass is 9.94. The molecule has 1 heteroatoms. The third-order valence-electron chi connectivity index (χ3n) is 3.26. The van der Waals surface area contributed by atoms with Crippen LogP contribution in [0.4, 0.5) is 0 Å². The third kappa shape index (κ3) is 2.08. The lowest BCUT2D eigenvalue weighted by Crippen LogP contribution is -2.03. The van der Waals surface area contributed by atoms with E-state index >= 15 is 0 Å². The molecule has 0 aliphatic rings. The third-order valence-corrected chi connectivity index (χ3v) is 3.93. The van der Waals surface area contributed by atoms with Crippen LogP contribution in [0.25, 0.3) is 10.8 Å². The number of hydrogen-bond acceptors (Lipinski definition) is 0. The summed E-state index contributed by atoms with van der Waals surface area (Å²) in [7, 11) is 0. The van der Waals surface area contributed by atoms with E-state index in [1.807, 2.05) is 0 Å².